The summed E-state index contributed by atoms with van der Waals surface area (Å²) in [5.41, 5.74) is 1.12. The summed E-state index contributed by atoms with van der Waals surface area (Å²) in [6.07, 6.45) is 5.30. The normalized spacial score (nSPS) is 24.9. The van der Waals surface area contributed by atoms with Gasteiger partial charge in [-0.1, -0.05) is 0 Å². The Bertz CT molecular complexity index is 413. The van der Waals surface area contributed by atoms with Crippen molar-refractivity contribution in [1.29, 1.82) is 0 Å². The summed E-state index contributed by atoms with van der Waals surface area (Å²) in [7, 11) is 1.79. The maximum absolute atomic E-state index is 5.43. The topological polar surface area (TPSA) is 47.5 Å². The Morgan fingerprint density at radius 1 is 1.26 bits per heavy atom. The van der Waals surface area contributed by atoms with Gasteiger partial charge in [0.05, 0.1) is 18.4 Å². The predicted octanol–water partition coefficient (Wildman–Crippen LogP) is 1.60. The van der Waals surface area contributed by atoms with E-state index in [1.807, 2.05) is 0 Å². The molecule has 3 heterocycles. The number of hydrogen-bond donors (Lipinski definition) is 0. The number of anilines is 1. The van der Waals surface area contributed by atoms with Crippen LogP contribution in [-0.4, -0.2) is 49.5 Å². The zero-order chi connectivity index (χ0) is 13.1. The molecule has 2 aliphatic rings. The monoisotopic (exact) mass is 263 g/mol. The van der Waals surface area contributed by atoms with Gasteiger partial charge in [0, 0.05) is 38.8 Å². The molecule has 2 aliphatic heterocycles. The molecule has 0 unspecified atom stereocenters. The molecule has 0 bridgehead atoms. The van der Waals surface area contributed by atoms with Crippen LogP contribution in [-0.2, 0) is 9.47 Å². The minimum atomic E-state index is 0.404. The highest BCUT2D eigenvalue weighted by molar-refractivity contribution is 5.40. The van der Waals surface area contributed by atoms with Crippen LogP contribution in [0.15, 0.2) is 12.4 Å². The molecule has 3 rings (SSSR count). The largest absolute Gasteiger partial charge is 0.381 e. The molecule has 1 atom stereocenters. The second-order valence-corrected chi connectivity index (χ2v) is 5.28. The van der Waals surface area contributed by atoms with Crippen molar-refractivity contribution in [3.05, 3.63) is 18.1 Å². The van der Waals surface area contributed by atoms with Crippen molar-refractivity contribution in [3.8, 4) is 0 Å². The van der Waals surface area contributed by atoms with Gasteiger partial charge in [-0.25, -0.2) is 9.97 Å². The predicted molar refractivity (Wildman–Crippen MR) is 72.5 cm³/mol. The molecule has 1 aromatic rings. The van der Waals surface area contributed by atoms with Gasteiger partial charge in [-0.05, 0) is 19.3 Å². The van der Waals surface area contributed by atoms with Gasteiger partial charge in [0.15, 0.2) is 0 Å². The van der Waals surface area contributed by atoms with Crippen molar-refractivity contribution in [2.24, 2.45) is 0 Å². The lowest BCUT2D eigenvalue weighted by Gasteiger charge is -2.32. The number of methoxy groups -OCH3 is 1. The molecule has 0 amide bonds. The standard InChI is InChI=1S/C14H21N3O2/c1-18-12-2-5-17(6-3-12)14-8-13(15-10-16-14)11-4-7-19-9-11/h8,10-12H,2-7,9H2,1H3/t11-/m0/s1. The quantitative estimate of drug-likeness (QED) is 0.829. The number of piperidine rings is 1. The van der Waals surface area contributed by atoms with E-state index in [1.165, 1.54) is 0 Å². The summed E-state index contributed by atoms with van der Waals surface area (Å²) in [4.78, 5) is 11.2. The molecule has 0 aliphatic carbocycles. The zero-order valence-corrected chi connectivity index (χ0v) is 11.4. The Labute approximate surface area is 113 Å². The van der Waals surface area contributed by atoms with Crippen molar-refractivity contribution in [2.75, 3.05) is 38.3 Å². The third kappa shape index (κ3) is 2.87. The molecule has 1 aromatic heterocycles. The van der Waals surface area contributed by atoms with Gasteiger partial charge in [-0.2, -0.15) is 0 Å². The van der Waals surface area contributed by atoms with Crippen LogP contribution < -0.4 is 4.90 Å². The Hall–Kier alpha value is -1.20. The summed E-state index contributed by atoms with van der Waals surface area (Å²) >= 11 is 0. The van der Waals surface area contributed by atoms with Gasteiger partial charge in [0.1, 0.15) is 12.1 Å². The van der Waals surface area contributed by atoms with E-state index < -0.39 is 0 Å². The van der Waals surface area contributed by atoms with Crippen LogP contribution in [0.1, 0.15) is 30.9 Å². The van der Waals surface area contributed by atoms with Crippen LogP contribution in [0, 0.1) is 0 Å². The first-order valence-corrected chi connectivity index (χ1v) is 7.04. The Balaban J connectivity index is 1.69. The molecule has 2 saturated heterocycles. The summed E-state index contributed by atoms with van der Waals surface area (Å²) < 4.78 is 10.8. The van der Waals surface area contributed by atoms with Crippen LogP contribution >= 0.6 is 0 Å². The molecule has 104 valence electrons. The molecule has 0 aromatic carbocycles. The van der Waals surface area contributed by atoms with Gasteiger partial charge < -0.3 is 14.4 Å². The average molecular weight is 263 g/mol. The van der Waals surface area contributed by atoms with E-state index in [1.54, 1.807) is 13.4 Å². The molecule has 0 N–H and O–H groups in total. The SMILES string of the molecule is COC1CCN(c2cc([C@H]3CCOC3)ncn2)CC1. The van der Waals surface area contributed by atoms with Gasteiger partial charge in [0.25, 0.3) is 0 Å². The second kappa shape index (κ2) is 5.84. The number of aromatic nitrogens is 2. The molecule has 5 heteroatoms. The lowest BCUT2D eigenvalue weighted by atomic mass is 10.0. The van der Waals surface area contributed by atoms with E-state index >= 15 is 0 Å². The minimum absolute atomic E-state index is 0.404. The fourth-order valence-electron chi connectivity index (χ4n) is 2.85. The van der Waals surface area contributed by atoms with Crippen molar-refractivity contribution < 1.29 is 9.47 Å². The third-order valence-corrected chi connectivity index (χ3v) is 4.12. The summed E-state index contributed by atoms with van der Waals surface area (Å²) in [5.74, 6) is 1.49. The van der Waals surface area contributed by atoms with E-state index in [9.17, 15) is 0 Å². The van der Waals surface area contributed by atoms with E-state index in [0.717, 1.165) is 57.1 Å². The second-order valence-electron chi connectivity index (χ2n) is 5.28. The number of rotatable bonds is 3. The lowest BCUT2D eigenvalue weighted by Crippen LogP contribution is -2.37. The van der Waals surface area contributed by atoms with Crippen molar-refractivity contribution >= 4 is 5.82 Å². The van der Waals surface area contributed by atoms with Crippen LogP contribution in [0.3, 0.4) is 0 Å². The van der Waals surface area contributed by atoms with E-state index in [4.69, 9.17) is 9.47 Å². The van der Waals surface area contributed by atoms with Crippen LogP contribution in [0.5, 0.6) is 0 Å². The first kappa shape index (κ1) is 12.8. The fourth-order valence-corrected chi connectivity index (χ4v) is 2.85. The third-order valence-electron chi connectivity index (χ3n) is 4.12. The molecule has 0 radical (unpaired) electrons. The number of hydrogen-bond acceptors (Lipinski definition) is 5. The first-order chi connectivity index (χ1) is 9.36. The summed E-state index contributed by atoms with van der Waals surface area (Å²) in [5, 5.41) is 0. The van der Waals surface area contributed by atoms with Gasteiger partial charge in [0.2, 0.25) is 0 Å². The molecule has 5 nitrogen and oxygen atoms in total. The molecular formula is C14H21N3O2. The highest BCUT2D eigenvalue weighted by Gasteiger charge is 2.23. The average Bonchev–Trinajstić information content (AvgIpc) is 3.02. The van der Waals surface area contributed by atoms with E-state index in [2.05, 4.69) is 20.9 Å². The van der Waals surface area contributed by atoms with Gasteiger partial charge in [-0.3, -0.25) is 0 Å². The van der Waals surface area contributed by atoms with Crippen molar-refractivity contribution in [3.63, 3.8) is 0 Å². The maximum Gasteiger partial charge on any atom is 0.132 e. The highest BCUT2D eigenvalue weighted by Crippen LogP contribution is 2.26. The molecular weight excluding hydrogens is 242 g/mol. The molecule has 0 spiro atoms. The lowest BCUT2D eigenvalue weighted by molar-refractivity contribution is 0.0818. The van der Waals surface area contributed by atoms with Crippen LogP contribution in [0.2, 0.25) is 0 Å². The maximum atomic E-state index is 5.43. The Kier molecular flexibility index (Phi) is 3.94. The smallest absolute Gasteiger partial charge is 0.132 e. The van der Waals surface area contributed by atoms with Crippen molar-refractivity contribution in [1.82, 2.24) is 9.97 Å². The molecule has 0 saturated carbocycles. The van der Waals surface area contributed by atoms with E-state index in [-0.39, 0.29) is 0 Å². The minimum Gasteiger partial charge on any atom is -0.381 e. The Morgan fingerprint density at radius 3 is 2.79 bits per heavy atom. The molecule has 2 fully saturated rings. The number of nitrogens with zero attached hydrogens (tertiary/aromatic N) is 3. The number of ether oxygens (including phenoxy) is 2. The summed E-state index contributed by atoms with van der Waals surface area (Å²) in [6.45, 7) is 3.66. The van der Waals surface area contributed by atoms with Crippen molar-refractivity contribution in [2.45, 2.75) is 31.3 Å². The van der Waals surface area contributed by atoms with Gasteiger partial charge in [-0.15, -0.1) is 0 Å². The Morgan fingerprint density at radius 2 is 2.11 bits per heavy atom. The highest BCUT2D eigenvalue weighted by atomic mass is 16.5. The summed E-state index contributed by atoms with van der Waals surface area (Å²) in [6, 6.07) is 2.13. The zero-order valence-electron chi connectivity index (χ0n) is 11.4. The van der Waals surface area contributed by atoms with Gasteiger partial charge >= 0.3 is 0 Å². The first-order valence-electron chi connectivity index (χ1n) is 7.04. The van der Waals surface area contributed by atoms with Crippen LogP contribution in [0.4, 0.5) is 5.82 Å². The molecule has 19 heavy (non-hydrogen) atoms. The van der Waals surface area contributed by atoms with Crippen LogP contribution in [0.25, 0.3) is 0 Å². The fraction of sp³-hybridized carbons (Fsp3) is 0.714. The van der Waals surface area contributed by atoms with E-state index in [0.29, 0.717) is 12.0 Å².